The van der Waals surface area contributed by atoms with E-state index >= 15 is 0 Å². The lowest BCUT2D eigenvalue weighted by molar-refractivity contribution is -0.385. The third kappa shape index (κ3) is 3.54. The average molecular weight is 285 g/mol. The first-order valence-electron chi connectivity index (χ1n) is 6.26. The van der Waals surface area contributed by atoms with E-state index in [2.05, 4.69) is 0 Å². The summed E-state index contributed by atoms with van der Waals surface area (Å²) >= 11 is 0. The number of halogens is 1. The standard InChI is InChI=1S/C15H12FN3O2/c16-12-9-14(11-15(10-12)19(20)21)18(8-4-7-17)13-5-2-1-3-6-13/h1-3,5-6,9-11H,4,8H2. The van der Waals surface area contributed by atoms with Crippen LogP contribution in [0.1, 0.15) is 6.42 Å². The number of non-ortho nitro benzene ring substituents is 1. The number of nitrogens with zero attached hydrogens (tertiary/aromatic N) is 3. The van der Waals surface area contributed by atoms with Crippen molar-refractivity contribution in [1.82, 2.24) is 0 Å². The van der Waals surface area contributed by atoms with E-state index in [1.807, 2.05) is 24.3 Å². The summed E-state index contributed by atoms with van der Waals surface area (Å²) in [6.07, 6.45) is 0.221. The van der Waals surface area contributed by atoms with E-state index in [-0.39, 0.29) is 12.1 Å². The molecule has 0 aliphatic rings. The maximum absolute atomic E-state index is 13.6. The summed E-state index contributed by atoms with van der Waals surface area (Å²) in [7, 11) is 0. The normalized spacial score (nSPS) is 9.90. The van der Waals surface area contributed by atoms with Crippen LogP contribution in [-0.4, -0.2) is 11.5 Å². The third-order valence-electron chi connectivity index (χ3n) is 2.90. The first-order valence-corrected chi connectivity index (χ1v) is 6.26. The largest absolute Gasteiger partial charge is 0.340 e. The summed E-state index contributed by atoms with van der Waals surface area (Å²) in [5.74, 6) is -0.683. The number of nitro groups is 1. The molecule has 0 aliphatic carbocycles. The molecule has 0 atom stereocenters. The highest BCUT2D eigenvalue weighted by Crippen LogP contribution is 2.29. The number of nitriles is 1. The Morgan fingerprint density at radius 1 is 1.19 bits per heavy atom. The Bertz CT molecular complexity index is 683. The predicted molar refractivity (Wildman–Crippen MR) is 76.7 cm³/mol. The van der Waals surface area contributed by atoms with E-state index in [9.17, 15) is 14.5 Å². The molecule has 0 spiro atoms. The van der Waals surface area contributed by atoms with Crippen molar-refractivity contribution in [1.29, 1.82) is 5.26 Å². The second-order valence-electron chi connectivity index (χ2n) is 4.32. The molecule has 2 aromatic rings. The number of hydrogen-bond donors (Lipinski definition) is 0. The van der Waals surface area contributed by atoms with E-state index in [0.717, 1.165) is 11.8 Å². The Morgan fingerprint density at radius 3 is 2.52 bits per heavy atom. The van der Waals surface area contributed by atoms with Crippen LogP contribution < -0.4 is 4.90 Å². The number of para-hydroxylation sites is 1. The molecule has 0 radical (unpaired) electrons. The van der Waals surface area contributed by atoms with Gasteiger partial charge in [0, 0.05) is 18.3 Å². The van der Waals surface area contributed by atoms with Crippen LogP contribution in [0.5, 0.6) is 0 Å². The predicted octanol–water partition coefficient (Wildman–Crippen LogP) is 3.79. The SMILES string of the molecule is N#CCCN(c1ccccc1)c1cc(F)cc([N+](=O)[O-])c1. The van der Waals surface area contributed by atoms with Crippen molar-refractivity contribution in [2.24, 2.45) is 0 Å². The first kappa shape index (κ1) is 14.5. The summed E-state index contributed by atoms with van der Waals surface area (Å²) in [6, 6.07) is 14.5. The second-order valence-corrected chi connectivity index (χ2v) is 4.32. The number of benzene rings is 2. The molecule has 0 aliphatic heterocycles. The van der Waals surface area contributed by atoms with Gasteiger partial charge in [0.25, 0.3) is 5.69 Å². The van der Waals surface area contributed by atoms with Crippen LogP contribution in [0.15, 0.2) is 48.5 Å². The third-order valence-corrected chi connectivity index (χ3v) is 2.90. The number of rotatable bonds is 5. The van der Waals surface area contributed by atoms with Crippen LogP contribution in [0, 0.1) is 27.3 Å². The van der Waals surface area contributed by atoms with Crippen molar-refractivity contribution in [2.75, 3.05) is 11.4 Å². The van der Waals surface area contributed by atoms with Crippen molar-refractivity contribution < 1.29 is 9.31 Å². The van der Waals surface area contributed by atoms with E-state index in [0.29, 0.717) is 12.2 Å². The van der Waals surface area contributed by atoms with E-state index < -0.39 is 10.7 Å². The molecule has 0 saturated carbocycles. The molecule has 21 heavy (non-hydrogen) atoms. The molecule has 0 fully saturated rings. The molecular formula is C15H12FN3O2. The molecule has 0 unspecified atom stereocenters. The Labute approximate surface area is 121 Å². The zero-order valence-corrected chi connectivity index (χ0v) is 11.1. The molecular weight excluding hydrogens is 273 g/mol. The molecule has 0 bridgehead atoms. The average Bonchev–Trinajstić information content (AvgIpc) is 2.48. The van der Waals surface area contributed by atoms with Gasteiger partial charge in [-0.05, 0) is 18.2 Å². The van der Waals surface area contributed by atoms with Gasteiger partial charge in [-0.25, -0.2) is 4.39 Å². The Hall–Kier alpha value is -2.94. The Morgan fingerprint density at radius 2 is 1.90 bits per heavy atom. The van der Waals surface area contributed by atoms with E-state index in [4.69, 9.17) is 5.26 Å². The van der Waals surface area contributed by atoms with Gasteiger partial charge in [0.2, 0.25) is 0 Å². The number of hydrogen-bond acceptors (Lipinski definition) is 4. The molecule has 0 N–H and O–H groups in total. The van der Waals surface area contributed by atoms with Crippen LogP contribution in [-0.2, 0) is 0 Å². The van der Waals surface area contributed by atoms with Gasteiger partial charge in [-0.15, -0.1) is 0 Å². The maximum Gasteiger partial charge on any atom is 0.274 e. The number of nitro benzene ring substituents is 1. The molecule has 0 aromatic heterocycles. The van der Waals surface area contributed by atoms with Gasteiger partial charge in [0.05, 0.1) is 29.2 Å². The second kappa shape index (κ2) is 6.48. The van der Waals surface area contributed by atoms with Crippen LogP contribution in [0.2, 0.25) is 0 Å². The Kier molecular flexibility index (Phi) is 4.46. The molecule has 0 amide bonds. The van der Waals surface area contributed by atoms with Gasteiger partial charge in [-0.1, -0.05) is 18.2 Å². The Balaban J connectivity index is 2.46. The van der Waals surface area contributed by atoms with Crippen molar-refractivity contribution in [2.45, 2.75) is 6.42 Å². The van der Waals surface area contributed by atoms with Crippen LogP contribution in [0.3, 0.4) is 0 Å². The summed E-state index contributed by atoms with van der Waals surface area (Å²) in [6.45, 7) is 0.321. The quantitative estimate of drug-likeness (QED) is 0.619. The molecule has 5 nitrogen and oxygen atoms in total. The fraction of sp³-hybridized carbons (Fsp3) is 0.133. The fourth-order valence-electron chi connectivity index (χ4n) is 2.00. The minimum atomic E-state index is -0.683. The van der Waals surface area contributed by atoms with Gasteiger partial charge >= 0.3 is 0 Å². The zero-order chi connectivity index (χ0) is 15.2. The van der Waals surface area contributed by atoms with E-state index in [1.54, 1.807) is 17.0 Å². The minimum Gasteiger partial charge on any atom is -0.340 e. The molecule has 0 saturated heterocycles. The highest BCUT2D eigenvalue weighted by molar-refractivity contribution is 5.65. The van der Waals surface area contributed by atoms with Crippen molar-refractivity contribution in [3.63, 3.8) is 0 Å². The topological polar surface area (TPSA) is 70.2 Å². The first-order chi connectivity index (χ1) is 10.1. The number of anilines is 2. The molecule has 6 heteroatoms. The lowest BCUT2D eigenvalue weighted by Gasteiger charge is -2.23. The lowest BCUT2D eigenvalue weighted by Crippen LogP contribution is -2.18. The summed E-state index contributed by atoms with van der Waals surface area (Å²) in [4.78, 5) is 11.9. The zero-order valence-electron chi connectivity index (χ0n) is 11.1. The van der Waals surface area contributed by atoms with Gasteiger partial charge in [0.1, 0.15) is 5.82 Å². The summed E-state index contributed by atoms with van der Waals surface area (Å²) in [5.41, 5.74) is 0.777. The highest BCUT2D eigenvalue weighted by atomic mass is 19.1. The minimum absolute atomic E-state index is 0.221. The van der Waals surface area contributed by atoms with E-state index in [1.165, 1.54) is 12.1 Å². The highest BCUT2D eigenvalue weighted by Gasteiger charge is 2.15. The van der Waals surface area contributed by atoms with Crippen LogP contribution >= 0.6 is 0 Å². The van der Waals surface area contributed by atoms with Crippen LogP contribution in [0.25, 0.3) is 0 Å². The fourth-order valence-corrected chi connectivity index (χ4v) is 2.00. The molecule has 2 aromatic carbocycles. The molecule has 0 heterocycles. The molecule has 2 rings (SSSR count). The maximum atomic E-state index is 13.6. The van der Waals surface area contributed by atoms with Crippen molar-refractivity contribution in [3.05, 3.63) is 64.5 Å². The van der Waals surface area contributed by atoms with Gasteiger partial charge in [-0.2, -0.15) is 5.26 Å². The monoisotopic (exact) mass is 285 g/mol. The van der Waals surface area contributed by atoms with Gasteiger partial charge < -0.3 is 4.90 Å². The smallest absolute Gasteiger partial charge is 0.274 e. The summed E-state index contributed by atoms with van der Waals surface area (Å²) in [5, 5.41) is 19.6. The van der Waals surface area contributed by atoms with Crippen molar-refractivity contribution in [3.8, 4) is 6.07 Å². The molecule has 106 valence electrons. The van der Waals surface area contributed by atoms with Gasteiger partial charge in [0.15, 0.2) is 0 Å². The lowest BCUT2D eigenvalue weighted by atomic mass is 10.2. The van der Waals surface area contributed by atoms with Gasteiger partial charge in [-0.3, -0.25) is 10.1 Å². The summed E-state index contributed by atoms with van der Waals surface area (Å²) < 4.78 is 13.6. The van der Waals surface area contributed by atoms with Crippen molar-refractivity contribution >= 4 is 17.1 Å². The van der Waals surface area contributed by atoms with Crippen LogP contribution in [0.4, 0.5) is 21.5 Å².